The monoisotopic (exact) mass is 295 g/mol. The van der Waals surface area contributed by atoms with Crippen LogP contribution in [0.1, 0.15) is 5.56 Å². The third kappa shape index (κ3) is 3.63. The zero-order valence-corrected chi connectivity index (χ0v) is 11.6. The van der Waals surface area contributed by atoms with Crippen LogP contribution in [0.5, 0.6) is 5.75 Å². The number of ether oxygens (including phenoxy) is 1. The Labute approximate surface area is 121 Å². The Hall–Kier alpha value is -1.71. The summed E-state index contributed by atoms with van der Waals surface area (Å²) in [5.41, 5.74) is 1.28. The summed E-state index contributed by atoms with van der Waals surface area (Å²) in [5.74, 6) is 0.453. The molecule has 19 heavy (non-hydrogen) atoms. The Morgan fingerprint density at radius 2 is 1.89 bits per heavy atom. The van der Waals surface area contributed by atoms with Crippen molar-refractivity contribution in [1.82, 2.24) is 0 Å². The van der Waals surface area contributed by atoms with Gasteiger partial charge in [0.15, 0.2) is 0 Å². The molecule has 0 saturated heterocycles. The van der Waals surface area contributed by atoms with Crippen LogP contribution in [0.15, 0.2) is 42.5 Å². The second kappa shape index (κ2) is 5.95. The summed E-state index contributed by atoms with van der Waals surface area (Å²) in [4.78, 5) is 11.7. The molecular weight excluding hydrogens is 285 g/mol. The predicted molar refractivity (Wildman–Crippen MR) is 77.3 cm³/mol. The van der Waals surface area contributed by atoms with Gasteiger partial charge in [-0.1, -0.05) is 35.3 Å². The first-order valence-electron chi connectivity index (χ1n) is 5.56. The van der Waals surface area contributed by atoms with E-state index in [-0.39, 0.29) is 0 Å². The van der Waals surface area contributed by atoms with Crippen molar-refractivity contribution in [2.24, 2.45) is 0 Å². The fraction of sp³-hybridized carbons (Fsp3) is 0.0714. The average molecular weight is 296 g/mol. The molecule has 0 heterocycles. The second-order valence-electron chi connectivity index (χ2n) is 3.90. The number of nitrogens with one attached hydrogen (secondary N) is 1. The summed E-state index contributed by atoms with van der Waals surface area (Å²) in [5, 5.41) is 3.62. The van der Waals surface area contributed by atoms with Crippen molar-refractivity contribution in [3.05, 3.63) is 58.1 Å². The number of benzene rings is 2. The molecule has 2 aromatic rings. The number of aryl methyl sites for hydroxylation is 1. The highest BCUT2D eigenvalue weighted by molar-refractivity contribution is 6.33. The molecule has 0 saturated carbocycles. The molecule has 1 amide bonds. The van der Waals surface area contributed by atoms with Crippen molar-refractivity contribution in [3.63, 3.8) is 0 Å². The SMILES string of the molecule is Cc1cc(Cl)ccc1OC(=O)Nc1ccccc1Cl. The lowest BCUT2D eigenvalue weighted by Crippen LogP contribution is -2.17. The topological polar surface area (TPSA) is 38.3 Å². The number of anilines is 1. The van der Waals surface area contributed by atoms with Crippen molar-refractivity contribution in [3.8, 4) is 5.75 Å². The van der Waals surface area contributed by atoms with Crippen molar-refractivity contribution in [2.75, 3.05) is 5.32 Å². The molecule has 3 nitrogen and oxygen atoms in total. The normalized spacial score (nSPS) is 10.1. The van der Waals surface area contributed by atoms with Crippen LogP contribution < -0.4 is 10.1 Å². The molecule has 2 rings (SSSR count). The van der Waals surface area contributed by atoms with Gasteiger partial charge < -0.3 is 4.74 Å². The van der Waals surface area contributed by atoms with Crippen LogP contribution in [0, 0.1) is 6.92 Å². The molecule has 0 aliphatic rings. The van der Waals surface area contributed by atoms with E-state index < -0.39 is 6.09 Å². The van der Waals surface area contributed by atoms with Gasteiger partial charge in [-0.3, -0.25) is 5.32 Å². The molecule has 1 N–H and O–H groups in total. The Morgan fingerprint density at radius 1 is 1.16 bits per heavy atom. The first-order chi connectivity index (χ1) is 9.06. The smallest absolute Gasteiger partial charge is 0.410 e. The van der Waals surface area contributed by atoms with E-state index in [1.54, 1.807) is 42.5 Å². The maximum atomic E-state index is 11.7. The number of para-hydroxylation sites is 1. The highest BCUT2D eigenvalue weighted by Gasteiger charge is 2.09. The lowest BCUT2D eigenvalue weighted by Gasteiger charge is -2.09. The molecule has 0 bridgehead atoms. The summed E-state index contributed by atoms with van der Waals surface area (Å²) < 4.78 is 5.19. The number of hydrogen-bond donors (Lipinski definition) is 1. The third-order valence-corrected chi connectivity index (χ3v) is 3.01. The number of carbonyl (C=O) groups excluding carboxylic acids is 1. The lowest BCUT2D eigenvalue weighted by atomic mass is 10.2. The van der Waals surface area contributed by atoms with Crippen molar-refractivity contribution in [1.29, 1.82) is 0 Å². The molecule has 98 valence electrons. The van der Waals surface area contributed by atoms with Gasteiger partial charge in [-0.2, -0.15) is 0 Å². The Bertz CT molecular complexity index is 614. The van der Waals surface area contributed by atoms with Gasteiger partial charge in [-0.05, 0) is 42.8 Å². The number of halogens is 2. The molecule has 0 aliphatic heterocycles. The van der Waals surface area contributed by atoms with Crippen LogP contribution in [0.2, 0.25) is 10.0 Å². The largest absolute Gasteiger partial charge is 0.417 e. The van der Waals surface area contributed by atoms with Gasteiger partial charge in [0.05, 0.1) is 10.7 Å². The van der Waals surface area contributed by atoms with E-state index in [1.165, 1.54) is 0 Å². The predicted octanol–water partition coefficient (Wildman–Crippen LogP) is 4.91. The van der Waals surface area contributed by atoms with Gasteiger partial charge in [0.1, 0.15) is 5.75 Å². The highest BCUT2D eigenvalue weighted by atomic mass is 35.5. The van der Waals surface area contributed by atoms with Gasteiger partial charge >= 0.3 is 6.09 Å². The molecule has 5 heteroatoms. The minimum absolute atomic E-state index is 0.451. The highest BCUT2D eigenvalue weighted by Crippen LogP contribution is 2.24. The maximum Gasteiger partial charge on any atom is 0.417 e. The molecule has 0 spiro atoms. The summed E-state index contributed by atoms with van der Waals surface area (Å²) in [6.07, 6.45) is -0.599. The molecule has 0 unspecified atom stereocenters. The van der Waals surface area contributed by atoms with Crippen LogP contribution in [0.4, 0.5) is 10.5 Å². The fourth-order valence-corrected chi connectivity index (χ4v) is 1.93. The quantitative estimate of drug-likeness (QED) is 0.854. The Kier molecular flexibility index (Phi) is 4.30. The second-order valence-corrected chi connectivity index (χ2v) is 4.75. The third-order valence-electron chi connectivity index (χ3n) is 2.45. The van der Waals surface area contributed by atoms with Gasteiger partial charge in [-0.25, -0.2) is 4.79 Å². The Balaban J connectivity index is 2.08. The maximum absolute atomic E-state index is 11.7. The average Bonchev–Trinajstić information content (AvgIpc) is 2.36. The number of carbonyl (C=O) groups is 1. The van der Waals surface area contributed by atoms with Gasteiger partial charge in [0.2, 0.25) is 0 Å². The van der Waals surface area contributed by atoms with Gasteiger partial charge in [0, 0.05) is 5.02 Å². The molecule has 0 aliphatic carbocycles. The number of hydrogen-bond acceptors (Lipinski definition) is 2. The summed E-state index contributed by atoms with van der Waals surface area (Å²) in [6, 6.07) is 12.0. The Morgan fingerprint density at radius 3 is 2.58 bits per heavy atom. The van der Waals surface area contributed by atoms with E-state index in [9.17, 15) is 4.79 Å². The molecule has 0 aromatic heterocycles. The number of rotatable bonds is 2. The van der Waals surface area contributed by atoms with Crippen LogP contribution in [0.25, 0.3) is 0 Å². The van der Waals surface area contributed by atoms with Crippen molar-refractivity contribution >= 4 is 35.0 Å². The molecule has 0 fully saturated rings. The van der Waals surface area contributed by atoms with E-state index >= 15 is 0 Å². The summed E-state index contributed by atoms with van der Waals surface area (Å²) >= 11 is 11.8. The van der Waals surface area contributed by atoms with E-state index in [1.807, 2.05) is 6.92 Å². The van der Waals surface area contributed by atoms with Crippen molar-refractivity contribution in [2.45, 2.75) is 6.92 Å². The minimum atomic E-state index is -0.599. The van der Waals surface area contributed by atoms with Gasteiger partial charge in [0.25, 0.3) is 0 Å². The van der Waals surface area contributed by atoms with Crippen molar-refractivity contribution < 1.29 is 9.53 Å². The number of amides is 1. The molecular formula is C14H11Cl2NO2. The van der Waals surface area contributed by atoms with Crippen LogP contribution in [-0.2, 0) is 0 Å². The molecule has 0 atom stereocenters. The first kappa shape index (κ1) is 13.7. The van der Waals surface area contributed by atoms with E-state index in [4.69, 9.17) is 27.9 Å². The summed E-state index contributed by atoms with van der Waals surface area (Å²) in [7, 11) is 0. The lowest BCUT2D eigenvalue weighted by molar-refractivity contribution is 0.215. The fourth-order valence-electron chi connectivity index (χ4n) is 1.53. The van der Waals surface area contributed by atoms with E-state index in [2.05, 4.69) is 5.32 Å². The van der Waals surface area contributed by atoms with E-state index in [0.717, 1.165) is 5.56 Å². The molecule has 2 aromatic carbocycles. The zero-order valence-electron chi connectivity index (χ0n) is 10.1. The van der Waals surface area contributed by atoms with Gasteiger partial charge in [-0.15, -0.1) is 0 Å². The summed E-state index contributed by atoms with van der Waals surface area (Å²) in [6.45, 7) is 1.81. The van der Waals surface area contributed by atoms with E-state index in [0.29, 0.717) is 21.5 Å². The molecule has 0 radical (unpaired) electrons. The standard InChI is InChI=1S/C14H11Cl2NO2/c1-9-8-10(15)6-7-13(9)19-14(18)17-12-5-3-2-4-11(12)16/h2-8H,1H3,(H,17,18). The zero-order chi connectivity index (χ0) is 13.8. The first-order valence-corrected chi connectivity index (χ1v) is 6.31. The van der Waals surface area contributed by atoms with Crippen LogP contribution in [-0.4, -0.2) is 6.09 Å². The minimum Gasteiger partial charge on any atom is -0.410 e. The van der Waals surface area contributed by atoms with Crippen LogP contribution >= 0.6 is 23.2 Å². The van der Waals surface area contributed by atoms with Crippen LogP contribution in [0.3, 0.4) is 0 Å².